The van der Waals surface area contributed by atoms with Crippen molar-refractivity contribution in [3.05, 3.63) is 76.2 Å². The molecule has 0 amide bonds. The van der Waals surface area contributed by atoms with Gasteiger partial charge >= 0.3 is 0 Å². The Morgan fingerprint density at radius 1 is 1.18 bits per heavy atom. The van der Waals surface area contributed by atoms with Crippen molar-refractivity contribution < 1.29 is 4.39 Å². The number of hydrogen-bond acceptors (Lipinski definition) is 6. The zero-order valence-electron chi connectivity index (χ0n) is 17.1. The Labute approximate surface area is 198 Å². The van der Waals surface area contributed by atoms with Gasteiger partial charge in [-0.15, -0.1) is 0 Å². The molecule has 33 heavy (non-hydrogen) atoms. The number of hydrogen-bond donors (Lipinski definition) is 1. The van der Waals surface area contributed by atoms with E-state index in [1.807, 2.05) is 0 Å². The van der Waals surface area contributed by atoms with Gasteiger partial charge in [-0.25, -0.2) is 23.9 Å². The molecule has 0 radical (unpaired) electrons. The summed E-state index contributed by atoms with van der Waals surface area (Å²) in [6.45, 7) is 0.708. The van der Waals surface area contributed by atoms with E-state index in [0.717, 1.165) is 12.8 Å². The third-order valence-electron chi connectivity index (χ3n) is 5.75. The lowest BCUT2D eigenvalue weighted by Gasteiger charge is -2.27. The number of aromatic nitrogens is 7. The summed E-state index contributed by atoms with van der Waals surface area (Å²) in [5.41, 5.74) is 1.53. The Morgan fingerprint density at radius 3 is 2.91 bits per heavy atom. The zero-order chi connectivity index (χ0) is 21.8. The summed E-state index contributed by atoms with van der Waals surface area (Å²) in [4.78, 5) is 31.6. The maximum Gasteiger partial charge on any atom is 0.284 e. The summed E-state index contributed by atoms with van der Waals surface area (Å²) in [7, 11) is 0. The Balaban J connectivity index is 0.00000228. The highest BCUT2D eigenvalue weighted by Crippen LogP contribution is 2.37. The predicted octanol–water partition coefficient (Wildman–Crippen LogP) is 3.40. The number of rotatable bonds is 3. The third-order valence-corrected chi connectivity index (χ3v) is 6.06. The molecule has 6 rings (SSSR count). The molecule has 1 aliphatic heterocycles. The number of anilines is 1. The number of aromatic amines is 1. The van der Waals surface area contributed by atoms with Crippen molar-refractivity contribution in [2.75, 3.05) is 11.4 Å². The molecule has 1 fully saturated rings. The van der Waals surface area contributed by atoms with Crippen molar-refractivity contribution >= 4 is 47.6 Å². The highest BCUT2D eigenvalue weighted by Gasteiger charge is 2.34. The van der Waals surface area contributed by atoms with Gasteiger partial charge in [0.05, 0.1) is 23.1 Å². The first-order valence-electron chi connectivity index (χ1n) is 10.1. The number of H-pyrrole nitrogens is 1. The molecule has 1 aromatic carbocycles. The average Bonchev–Trinajstić information content (AvgIpc) is 3.53. The summed E-state index contributed by atoms with van der Waals surface area (Å²) >= 11 is 6.27. The maximum atomic E-state index is 14.1. The van der Waals surface area contributed by atoms with Crippen molar-refractivity contribution in [3.8, 4) is 5.69 Å². The fraction of sp³-hybridized carbons (Fsp3) is 0.190. The van der Waals surface area contributed by atoms with Crippen LogP contribution >= 0.6 is 25.1 Å². The van der Waals surface area contributed by atoms with Crippen molar-refractivity contribution in [1.82, 2.24) is 34.1 Å². The van der Waals surface area contributed by atoms with Crippen molar-refractivity contribution in [1.29, 1.82) is 0 Å². The molecule has 0 saturated carbocycles. The van der Waals surface area contributed by atoms with E-state index in [-0.39, 0.29) is 35.6 Å². The van der Waals surface area contributed by atoms with Crippen LogP contribution in [0.5, 0.6) is 0 Å². The van der Waals surface area contributed by atoms with Gasteiger partial charge in [-0.05, 0) is 37.1 Å². The summed E-state index contributed by atoms with van der Waals surface area (Å²) < 4.78 is 17.0. The topological polar surface area (TPSA) is 97.0 Å². The van der Waals surface area contributed by atoms with Crippen LogP contribution in [-0.4, -0.2) is 40.7 Å². The molecular weight excluding hydrogens is 467 g/mol. The first-order chi connectivity index (χ1) is 15.6. The fourth-order valence-corrected chi connectivity index (χ4v) is 4.61. The number of fused-ring (bicyclic) bond motifs is 2. The van der Waals surface area contributed by atoms with Gasteiger partial charge in [0.25, 0.3) is 5.56 Å². The molecule has 5 aromatic rings. The number of nitrogens with one attached hydrogen (secondary N) is 1. The molecular formula is C21H18ClFN8OS. The van der Waals surface area contributed by atoms with E-state index in [1.54, 1.807) is 30.7 Å². The van der Waals surface area contributed by atoms with Gasteiger partial charge in [0.2, 0.25) is 0 Å². The van der Waals surface area contributed by atoms with Crippen LogP contribution in [-0.2, 0) is 0 Å². The van der Waals surface area contributed by atoms with Crippen molar-refractivity contribution in [2.24, 2.45) is 0 Å². The second kappa shape index (κ2) is 8.16. The second-order valence-electron chi connectivity index (χ2n) is 7.59. The standard InChI is InChI=1S/C21H16ClFN8O.H2S/c22-14-6-8-30-17(14)21(32)31(13-4-1-3-12(23)9-13)19(28-30)15-5-2-7-29(15)20-16-18(25-10-24-16)26-11-27-20;/h1,3-4,6,8-11,15H,2,5,7H2,(H,24,25,26,27);1H2/t15-;/m0./s1. The highest BCUT2D eigenvalue weighted by atomic mass is 35.5. The minimum atomic E-state index is -0.444. The Hall–Kier alpha value is -3.44. The molecule has 1 aliphatic rings. The molecule has 0 bridgehead atoms. The molecule has 0 spiro atoms. The molecule has 0 aliphatic carbocycles. The molecule has 4 aromatic heterocycles. The van der Waals surface area contributed by atoms with Gasteiger partial charge in [0.15, 0.2) is 17.3 Å². The van der Waals surface area contributed by atoms with E-state index in [2.05, 4.69) is 24.8 Å². The Morgan fingerprint density at radius 2 is 2.06 bits per heavy atom. The lowest BCUT2D eigenvalue weighted by atomic mass is 10.2. The molecule has 12 heteroatoms. The third kappa shape index (κ3) is 3.35. The Kier molecular flexibility index (Phi) is 5.29. The summed E-state index contributed by atoms with van der Waals surface area (Å²) in [5.74, 6) is 0.713. The van der Waals surface area contributed by atoms with Crippen molar-refractivity contribution in [3.63, 3.8) is 0 Å². The zero-order valence-corrected chi connectivity index (χ0v) is 18.9. The molecule has 1 N–H and O–H groups in total. The van der Waals surface area contributed by atoms with E-state index >= 15 is 0 Å². The maximum absolute atomic E-state index is 14.1. The first kappa shape index (κ1) is 21.4. The van der Waals surface area contributed by atoms with Gasteiger partial charge in [-0.2, -0.15) is 18.6 Å². The predicted molar refractivity (Wildman–Crippen MR) is 127 cm³/mol. The average molecular weight is 485 g/mol. The summed E-state index contributed by atoms with van der Waals surface area (Å²) in [5, 5.41) is 5.04. The quantitative estimate of drug-likeness (QED) is 0.421. The van der Waals surface area contributed by atoms with E-state index in [9.17, 15) is 9.18 Å². The lowest BCUT2D eigenvalue weighted by molar-refractivity contribution is 0.596. The number of imidazole rings is 1. The van der Waals surface area contributed by atoms with E-state index in [4.69, 9.17) is 16.7 Å². The second-order valence-corrected chi connectivity index (χ2v) is 7.99. The van der Waals surface area contributed by atoms with Gasteiger partial charge in [-0.3, -0.25) is 9.36 Å². The molecule has 168 valence electrons. The number of benzene rings is 1. The first-order valence-corrected chi connectivity index (χ1v) is 10.5. The Bertz CT molecular complexity index is 1550. The van der Waals surface area contributed by atoms with Gasteiger partial charge in [-0.1, -0.05) is 17.7 Å². The largest absolute Gasteiger partial charge is 0.344 e. The summed E-state index contributed by atoms with van der Waals surface area (Å²) in [6.07, 6.45) is 6.30. The SMILES string of the molecule is O=c1c2c(Cl)ccn2nc([C@@H]2CCCN2c2ncnc3nc[nH]c23)n1-c1cccc(F)c1.S. The van der Waals surface area contributed by atoms with Crippen molar-refractivity contribution in [2.45, 2.75) is 18.9 Å². The molecule has 1 atom stereocenters. The fourth-order valence-electron chi connectivity index (χ4n) is 4.39. The molecule has 5 heterocycles. The van der Waals surface area contributed by atoms with E-state index in [0.29, 0.717) is 35.0 Å². The highest BCUT2D eigenvalue weighted by molar-refractivity contribution is 7.59. The van der Waals surface area contributed by atoms with Gasteiger partial charge in [0, 0.05) is 12.7 Å². The van der Waals surface area contributed by atoms with Crippen LogP contribution in [0.25, 0.3) is 22.4 Å². The van der Waals surface area contributed by atoms with Crippen LogP contribution in [0.1, 0.15) is 24.7 Å². The summed E-state index contributed by atoms with van der Waals surface area (Å²) in [6, 6.07) is 7.24. The molecule has 0 unspecified atom stereocenters. The smallest absolute Gasteiger partial charge is 0.284 e. The number of nitrogens with zero attached hydrogens (tertiary/aromatic N) is 7. The number of halogens is 2. The monoisotopic (exact) mass is 484 g/mol. The molecule has 1 saturated heterocycles. The lowest BCUT2D eigenvalue weighted by Crippen LogP contribution is -2.33. The van der Waals surface area contributed by atoms with Crippen LogP contribution in [0.4, 0.5) is 10.2 Å². The van der Waals surface area contributed by atoms with Gasteiger partial charge < -0.3 is 9.88 Å². The molecule has 9 nitrogen and oxygen atoms in total. The van der Waals surface area contributed by atoms with Gasteiger partial charge in [0.1, 0.15) is 23.2 Å². The normalized spacial score (nSPS) is 15.9. The minimum absolute atomic E-state index is 0. The van der Waals surface area contributed by atoms with Crippen LogP contribution in [0.2, 0.25) is 5.02 Å². The van der Waals surface area contributed by atoms with Crippen LogP contribution in [0.15, 0.2) is 54.0 Å². The van der Waals surface area contributed by atoms with Crippen LogP contribution < -0.4 is 10.5 Å². The van der Waals surface area contributed by atoms with E-state index < -0.39 is 5.82 Å². The van der Waals surface area contributed by atoms with Crippen LogP contribution in [0, 0.1) is 5.82 Å². The van der Waals surface area contributed by atoms with Crippen LogP contribution in [0.3, 0.4) is 0 Å². The van der Waals surface area contributed by atoms with E-state index in [1.165, 1.54) is 27.5 Å². The minimum Gasteiger partial charge on any atom is -0.344 e.